The Morgan fingerprint density at radius 2 is 2.05 bits per heavy atom. The molecule has 1 amide bonds. The average molecular weight is 311 g/mol. The van der Waals surface area contributed by atoms with Gasteiger partial charge in [-0.25, -0.2) is 9.78 Å². The van der Waals surface area contributed by atoms with Crippen molar-refractivity contribution in [3.63, 3.8) is 0 Å². The Morgan fingerprint density at radius 3 is 2.52 bits per heavy atom. The van der Waals surface area contributed by atoms with E-state index in [1.165, 1.54) is 4.88 Å². The lowest BCUT2D eigenvalue weighted by atomic mass is 10.1. The molecule has 1 aromatic heterocycles. The molecule has 1 saturated heterocycles. The van der Waals surface area contributed by atoms with Crippen molar-refractivity contribution >= 4 is 17.4 Å². The molecule has 1 unspecified atom stereocenters. The Hall–Kier alpha value is -1.14. The third-order valence-corrected chi connectivity index (χ3v) is 4.27. The van der Waals surface area contributed by atoms with Crippen molar-refractivity contribution in [1.29, 1.82) is 0 Å². The fourth-order valence-corrected chi connectivity index (χ4v) is 3.35. The molecule has 0 saturated carbocycles. The summed E-state index contributed by atoms with van der Waals surface area (Å²) in [6.07, 6.45) is -0.228. The maximum absolute atomic E-state index is 11.9. The summed E-state index contributed by atoms with van der Waals surface area (Å²) < 4.78 is 5.35. The smallest absolute Gasteiger partial charge is 0.410 e. The van der Waals surface area contributed by atoms with E-state index < -0.39 is 5.60 Å². The molecule has 118 valence electrons. The van der Waals surface area contributed by atoms with Gasteiger partial charge in [0.05, 0.1) is 10.7 Å². The van der Waals surface area contributed by atoms with Crippen molar-refractivity contribution in [2.24, 2.45) is 0 Å². The molecule has 1 fully saturated rings. The van der Waals surface area contributed by atoms with Gasteiger partial charge in [0.15, 0.2) is 0 Å². The lowest BCUT2D eigenvalue weighted by Gasteiger charge is -2.41. The second-order valence-electron chi connectivity index (χ2n) is 6.64. The van der Waals surface area contributed by atoms with E-state index in [1.54, 1.807) is 16.2 Å². The van der Waals surface area contributed by atoms with E-state index in [2.05, 4.69) is 24.1 Å². The quantitative estimate of drug-likeness (QED) is 0.932. The number of aryl methyl sites for hydroxylation is 2. The molecular formula is C15H25N3O2S. The number of hydrogen-bond donors (Lipinski definition) is 1. The number of amides is 1. The predicted octanol–water partition coefficient (Wildman–Crippen LogP) is 3.03. The number of nitrogens with one attached hydrogen (secondary N) is 1. The van der Waals surface area contributed by atoms with Gasteiger partial charge in [-0.3, -0.25) is 0 Å². The van der Waals surface area contributed by atoms with E-state index >= 15 is 0 Å². The second kappa shape index (κ2) is 5.93. The highest BCUT2D eigenvalue weighted by atomic mass is 32.1. The highest BCUT2D eigenvalue weighted by Gasteiger charge is 2.34. The Kier molecular flexibility index (Phi) is 4.58. The number of rotatable bonds is 3. The summed E-state index contributed by atoms with van der Waals surface area (Å²) in [7, 11) is 0. The third-order valence-electron chi connectivity index (χ3n) is 3.37. The molecule has 0 bridgehead atoms. The predicted molar refractivity (Wildman–Crippen MR) is 84.7 cm³/mol. The van der Waals surface area contributed by atoms with Crippen LogP contribution in [0.15, 0.2) is 0 Å². The fourth-order valence-electron chi connectivity index (χ4n) is 2.44. The molecule has 6 heteroatoms. The van der Waals surface area contributed by atoms with Gasteiger partial charge in [-0.15, -0.1) is 11.3 Å². The third kappa shape index (κ3) is 4.17. The number of carbonyl (C=O) groups is 1. The zero-order valence-corrected chi connectivity index (χ0v) is 14.5. The van der Waals surface area contributed by atoms with Gasteiger partial charge in [0.25, 0.3) is 0 Å². The van der Waals surface area contributed by atoms with Crippen LogP contribution >= 0.6 is 11.3 Å². The molecule has 5 nitrogen and oxygen atoms in total. The Bertz CT molecular complexity index is 515. The fraction of sp³-hybridized carbons (Fsp3) is 0.733. The van der Waals surface area contributed by atoms with E-state index in [-0.39, 0.29) is 12.1 Å². The van der Waals surface area contributed by atoms with Crippen LogP contribution < -0.4 is 5.32 Å². The van der Waals surface area contributed by atoms with Crippen LogP contribution in [0.4, 0.5) is 4.79 Å². The van der Waals surface area contributed by atoms with Crippen molar-refractivity contribution in [2.75, 3.05) is 13.1 Å². The number of hydrogen-bond acceptors (Lipinski definition) is 5. The van der Waals surface area contributed by atoms with Crippen molar-refractivity contribution in [2.45, 2.75) is 59.2 Å². The van der Waals surface area contributed by atoms with Crippen LogP contribution in [0.3, 0.4) is 0 Å². The van der Waals surface area contributed by atoms with E-state index in [1.807, 2.05) is 27.7 Å². The number of thiazole rings is 1. The van der Waals surface area contributed by atoms with E-state index in [9.17, 15) is 4.79 Å². The normalized spacial score (nSPS) is 17.5. The molecule has 0 aromatic carbocycles. The molecule has 1 aliphatic rings. The second-order valence-corrected chi connectivity index (χ2v) is 8.05. The van der Waals surface area contributed by atoms with Crippen LogP contribution in [0.2, 0.25) is 0 Å². The molecule has 21 heavy (non-hydrogen) atoms. The molecule has 1 N–H and O–H groups in total. The zero-order valence-electron chi connectivity index (χ0n) is 13.7. The first-order valence-electron chi connectivity index (χ1n) is 7.33. The minimum absolute atomic E-state index is 0.209. The maximum Gasteiger partial charge on any atom is 0.410 e. The average Bonchev–Trinajstić information content (AvgIpc) is 2.59. The van der Waals surface area contributed by atoms with Crippen molar-refractivity contribution in [1.82, 2.24) is 15.2 Å². The number of nitrogens with zero attached hydrogens (tertiary/aromatic N) is 2. The summed E-state index contributed by atoms with van der Waals surface area (Å²) in [5, 5.41) is 4.63. The largest absolute Gasteiger partial charge is 0.444 e. The van der Waals surface area contributed by atoms with Crippen LogP contribution in [-0.2, 0) is 4.74 Å². The molecule has 1 aliphatic heterocycles. The summed E-state index contributed by atoms with van der Waals surface area (Å²) >= 11 is 1.73. The topological polar surface area (TPSA) is 54.5 Å². The molecule has 0 radical (unpaired) electrons. The van der Waals surface area contributed by atoms with Crippen LogP contribution in [0, 0.1) is 13.8 Å². The minimum Gasteiger partial charge on any atom is -0.444 e. The first-order chi connectivity index (χ1) is 9.65. The first kappa shape index (κ1) is 16.2. The Morgan fingerprint density at radius 1 is 1.43 bits per heavy atom. The number of likely N-dealkylation sites (tertiary alicyclic amines) is 1. The number of aromatic nitrogens is 1. The molecule has 2 heterocycles. The molecule has 0 aliphatic carbocycles. The van der Waals surface area contributed by atoms with Crippen molar-refractivity contribution in [3.05, 3.63) is 15.6 Å². The SMILES string of the molecule is Cc1nc(C(C)NC2CN(C(=O)OC(C)(C)C)C2)c(C)s1. The standard InChI is InChI=1S/C15H25N3O2S/c1-9(13-10(2)21-11(3)17-13)16-12-7-18(8-12)14(19)20-15(4,5)6/h9,12,16H,7-8H2,1-6H3. The van der Waals surface area contributed by atoms with E-state index in [4.69, 9.17) is 4.74 Å². The molecule has 1 aromatic rings. The summed E-state index contributed by atoms with van der Waals surface area (Å²) in [6, 6.07) is 0.523. The van der Waals surface area contributed by atoms with Gasteiger partial charge >= 0.3 is 6.09 Å². The summed E-state index contributed by atoms with van der Waals surface area (Å²) in [6.45, 7) is 13.3. The van der Waals surface area contributed by atoms with Crippen LogP contribution in [0.5, 0.6) is 0 Å². The van der Waals surface area contributed by atoms with Crippen LogP contribution in [0.1, 0.15) is 49.3 Å². The maximum atomic E-state index is 11.9. The van der Waals surface area contributed by atoms with Crippen LogP contribution in [0.25, 0.3) is 0 Å². The van der Waals surface area contributed by atoms with Gasteiger partial charge in [-0.1, -0.05) is 0 Å². The van der Waals surface area contributed by atoms with Gasteiger partial charge in [0, 0.05) is 30.1 Å². The molecular weight excluding hydrogens is 286 g/mol. The van der Waals surface area contributed by atoms with Gasteiger partial charge in [-0.05, 0) is 41.5 Å². The van der Waals surface area contributed by atoms with Gasteiger partial charge < -0.3 is 15.0 Å². The summed E-state index contributed by atoms with van der Waals surface area (Å²) in [5.74, 6) is 0. The van der Waals surface area contributed by atoms with Gasteiger partial charge in [-0.2, -0.15) is 0 Å². The summed E-state index contributed by atoms with van der Waals surface area (Å²) in [4.78, 5) is 19.4. The highest BCUT2D eigenvalue weighted by Crippen LogP contribution is 2.24. The molecule has 1 atom stereocenters. The lowest BCUT2D eigenvalue weighted by Crippen LogP contribution is -2.60. The molecule has 0 spiro atoms. The minimum atomic E-state index is -0.432. The first-order valence-corrected chi connectivity index (χ1v) is 8.15. The van der Waals surface area contributed by atoms with Crippen molar-refractivity contribution < 1.29 is 9.53 Å². The zero-order chi connectivity index (χ0) is 15.8. The highest BCUT2D eigenvalue weighted by molar-refractivity contribution is 7.11. The van der Waals surface area contributed by atoms with E-state index in [0.29, 0.717) is 19.1 Å². The van der Waals surface area contributed by atoms with Crippen molar-refractivity contribution in [3.8, 4) is 0 Å². The van der Waals surface area contributed by atoms with Gasteiger partial charge in [0.1, 0.15) is 5.60 Å². The number of ether oxygens (including phenoxy) is 1. The summed E-state index contributed by atoms with van der Waals surface area (Å²) in [5.41, 5.74) is 0.686. The Balaban J connectivity index is 1.80. The monoisotopic (exact) mass is 311 g/mol. The lowest BCUT2D eigenvalue weighted by molar-refractivity contribution is 0.00429. The van der Waals surface area contributed by atoms with Crippen LogP contribution in [-0.4, -0.2) is 40.7 Å². The molecule has 2 rings (SSSR count). The van der Waals surface area contributed by atoms with E-state index in [0.717, 1.165) is 10.7 Å². The Labute approximate surface area is 130 Å². The van der Waals surface area contributed by atoms with Gasteiger partial charge in [0.2, 0.25) is 0 Å². The number of carbonyl (C=O) groups excluding carboxylic acids is 1.